The molecule has 0 atom stereocenters. The summed E-state index contributed by atoms with van der Waals surface area (Å²) in [7, 11) is 1.35. The number of ether oxygens (including phenoxy) is 2. The van der Waals surface area contributed by atoms with Gasteiger partial charge in [0.05, 0.1) is 35.9 Å². The third kappa shape index (κ3) is 3.15. The van der Waals surface area contributed by atoms with Crippen LogP contribution in [-0.4, -0.2) is 31.2 Å². The number of methoxy groups -OCH3 is 1. The SMILES string of the molecule is COC(=O)c1ccc(CN2CCOc3cc([N+](=O)[O-])ccc32)cc1. The maximum atomic E-state index is 11.5. The summed E-state index contributed by atoms with van der Waals surface area (Å²) in [6.45, 7) is 1.77. The summed E-state index contributed by atoms with van der Waals surface area (Å²) in [6, 6.07) is 11.8. The highest BCUT2D eigenvalue weighted by Gasteiger charge is 2.21. The van der Waals surface area contributed by atoms with Crippen molar-refractivity contribution >= 4 is 17.3 Å². The summed E-state index contributed by atoms with van der Waals surface area (Å²) >= 11 is 0. The molecule has 7 nitrogen and oxygen atoms in total. The topological polar surface area (TPSA) is 81.9 Å². The molecule has 0 aliphatic carbocycles. The maximum absolute atomic E-state index is 11.5. The highest BCUT2D eigenvalue weighted by atomic mass is 16.6. The van der Waals surface area contributed by atoms with Crippen molar-refractivity contribution in [2.24, 2.45) is 0 Å². The lowest BCUT2D eigenvalue weighted by atomic mass is 10.1. The predicted molar refractivity (Wildman–Crippen MR) is 87.4 cm³/mol. The number of anilines is 1. The van der Waals surface area contributed by atoms with Gasteiger partial charge in [0.15, 0.2) is 0 Å². The molecule has 0 spiro atoms. The Morgan fingerprint density at radius 3 is 2.71 bits per heavy atom. The molecule has 0 fully saturated rings. The van der Waals surface area contributed by atoms with Gasteiger partial charge in [0.25, 0.3) is 5.69 Å². The molecule has 2 aromatic carbocycles. The summed E-state index contributed by atoms with van der Waals surface area (Å²) in [6.07, 6.45) is 0. The van der Waals surface area contributed by atoms with Crippen LogP contribution in [0.15, 0.2) is 42.5 Å². The van der Waals surface area contributed by atoms with Gasteiger partial charge in [0.2, 0.25) is 0 Å². The number of carbonyl (C=O) groups is 1. The Bertz CT molecular complexity index is 773. The minimum absolute atomic E-state index is 0.0121. The first-order chi connectivity index (χ1) is 11.6. The number of non-ortho nitro benzene ring substituents is 1. The van der Waals surface area contributed by atoms with Gasteiger partial charge in [-0.1, -0.05) is 12.1 Å². The number of esters is 1. The molecule has 1 aliphatic heterocycles. The van der Waals surface area contributed by atoms with Crippen molar-refractivity contribution in [1.29, 1.82) is 0 Å². The Morgan fingerprint density at radius 2 is 2.04 bits per heavy atom. The second-order valence-corrected chi connectivity index (χ2v) is 5.37. The summed E-state index contributed by atoms with van der Waals surface area (Å²) in [5, 5.41) is 10.9. The molecule has 2 aromatic rings. The highest BCUT2D eigenvalue weighted by molar-refractivity contribution is 5.89. The van der Waals surface area contributed by atoms with Crippen LogP contribution in [0.1, 0.15) is 15.9 Å². The van der Waals surface area contributed by atoms with Gasteiger partial charge in [-0.05, 0) is 23.8 Å². The van der Waals surface area contributed by atoms with Crippen molar-refractivity contribution in [3.63, 3.8) is 0 Å². The normalized spacial score (nSPS) is 13.0. The van der Waals surface area contributed by atoms with E-state index in [2.05, 4.69) is 9.64 Å². The number of nitro benzene ring substituents is 1. The molecule has 24 heavy (non-hydrogen) atoms. The minimum Gasteiger partial charge on any atom is -0.489 e. The molecule has 0 amide bonds. The quantitative estimate of drug-likeness (QED) is 0.488. The van der Waals surface area contributed by atoms with Crippen molar-refractivity contribution in [3.8, 4) is 5.75 Å². The van der Waals surface area contributed by atoms with Crippen LogP contribution in [0, 0.1) is 10.1 Å². The maximum Gasteiger partial charge on any atom is 0.337 e. The Labute approximate surface area is 138 Å². The van der Waals surface area contributed by atoms with E-state index >= 15 is 0 Å². The molecule has 0 N–H and O–H groups in total. The molecule has 124 valence electrons. The number of fused-ring (bicyclic) bond motifs is 1. The van der Waals surface area contributed by atoms with Gasteiger partial charge in [-0.3, -0.25) is 10.1 Å². The number of benzene rings is 2. The smallest absolute Gasteiger partial charge is 0.337 e. The summed E-state index contributed by atoms with van der Waals surface area (Å²) in [5.74, 6) is 0.146. The van der Waals surface area contributed by atoms with E-state index in [0.29, 0.717) is 31.0 Å². The van der Waals surface area contributed by atoms with E-state index in [0.717, 1.165) is 11.3 Å². The van der Waals surface area contributed by atoms with Gasteiger partial charge in [-0.2, -0.15) is 0 Å². The fourth-order valence-corrected chi connectivity index (χ4v) is 2.63. The Hall–Kier alpha value is -3.09. The van der Waals surface area contributed by atoms with Crippen molar-refractivity contribution in [2.45, 2.75) is 6.54 Å². The number of hydrogen-bond donors (Lipinski definition) is 0. The molecule has 0 bridgehead atoms. The molecule has 3 rings (SSSR count). The largest absolute Gasteiger partial charge is 0.489 e. The molecule has 0 radical (unpaired) electrons. The highest BCUT2D eigenvalue weighted by Crippen LogP contribution is 2.35. The lowest BCUT2D eigenvalue weighted by Gasteiger charge is -2.31. The Balaban J connectivity index is 1.80. The van der Waals surface area contributed by atoms with E-state index in [4.69, 9.17) is 4.74 Å². The van der Waals surface area contributed by atoms with Crippen molar-refractivity contribution in [2.75, 3.05) is 25.2 Å². The van der Waals surface area contributed by atoms with Crippen LogP contribution in [0.4, 0.5) is 11.4 Å². The van der Waals surface area contributed by atoms with E-state index in [1.165, 1.54) is 19.2 Å². The lowest BCUT2D eigenvalue weighted by Crippen LogP contribution is -2.32. The van der Waals surface area contributed by atoms with Crippen LogP contribution < -0.4 is 9.64 Å². The molecule has 0 aromatic heterocycles. The fraction of sp³-hybridized carbons (Fsp3) is 0.235. The third-order valence-electron chi connectivity index (χ3n) is 3.86. The molecular formula is C17H16N2O5. The van der Waals surface area contributed by atoms with Crippen LogP contribution in [0.3, 0.4) is 0 Å². The number of nitro groups is 1. The van der Waals surface area contributed by atoms with Gasteiger partial charge in [-0.25, -0.2) is 4.79 Å². The number of hydrogen-bond acceptors (Lipinski definition) is 6. The van der Waals surface area contributed by atoms with Crippen LogP contribution in [0.25, 0.3) is 0 Å². The molecule has 0 saturated carbocycles. The van der Waals surface area contributed by atoms with Gasteiger partial charge in [-0.15, -0.1) is 0 Å². The monoisotopic (exact) mass is 328 g/mol. The van der Waals surface area contributed by atoms with Crippen LogP contribution in [0.5, 0.6) is 5.75 Å². The number of carbonyl (C=O) groups excluding carboxylic acids is 1. The molecule has 0 saturated heterocycles. The van der Waals surface area contributed by atoms with Crippen molar-refractivity contribution in [1.82, 2.24) is 0 Å². The molecule has 1 aliphatic rings. The predicted octanol–water partition coefficient (Wildman–Crippen LogP) is 2.78. The van der Waals surface area contributed by atoms with E-state index in [9.17, 15) is 14.9 Å². The first kappa shape index (κ1) is 15.8. The fourth-order valence-electron chi connectivity index (χ4n) is 2.63. The summed E-state index contributed by atoms with van der Waals surface area (Å²) < 4.78 is 10.2. The summed E-state index contributed by atoms with van der Waals surface area (Å²) in [5.41, 5.74) is 2.36. The second kappa shape index (κ2) is 6.57. The second-order valence-electron chi connectivity index (χ2n) is 5.37. The van der Waals surface area contributed by atoms with Crippen molar-refractivity contribution < 1.29 is 19.2 Å². The van der Waals surface area contributed by atoms with Gasteiger partial charge >= 0.3 is 5.97 Å². The van der Waals surface area contributed by atoms with Crippen LogP contribution >= 0.6 is 0 Å². The van der Waals surface area contributed by atoms with E-state index in [-0.39, 0.29) is 11.7 Å². The number of rotatable bonds is 4. The lowest BCUT2D eigenvalue weighted by molar-refractivity contribution is -0.384. The molecule has 1 heterocycles. The molecule has 7 heteroatoms. The van der Waals surface area contributed by atoms with Gasteiger partial charge in [0, 0.05) is 12.6 Å². The first-order valence-corrected chi connectivity index (χ1v) is 7.42. The summed E-state index contributed by atoms with van der Waals surface area (Å²) in [4.78, 5) is 24.0. The zero-order valence-corrected chi connectivity index (χ0v) is 13.1. The van der Waals surface area contributed by atoms with Gasteiger partial charge < -0.3 is 14.4 Å². The van der Waals surface area contributed by atoms with Crippen molar-refractivity contribution in [3.05, 3.63) is 63.7 Å². The standard InChI is InChI=1S/C17H16N2O5/c1-23-17(20)13-4-2-12(3-5-13)11-18-8-9-24-16-10-14(19(21)22)6-7-15(16)18/h2-7,10H,8-9,11H2,1H3. The minimum atomic E-state index is -0.436. The molecule has 0 unspecified atom stereocenters. The van der Waals surface area contributed by atoms with E-state index in [1.807, 2.05) is 12.1 Å². The van der Waals surface area contributed by atoms with Gasteiger partial charge in [0.1, 0.15) is 12.4 Å². The zero-order chi connectivity index (χ0) is 17.1. The number of nitrogens with zero attached hydrogens (tertiary/aromatic N) is 2. The van der Waals surface area contributed by atoms with Crippen LogP contribution in [0.2, 0.25) is 0 Å². The Kier molecular flexibility index (Phi) is 4.33. The first-order valence-electron chi connectivity index (χ1n) is 7.42. The average Bonchev–Trinajstić information content (AvgIpc) is 2.61. The van der Waals surface area contributed by atoms with E-state index in [1.54, 1.807) is 18.2 Å². The van der Waals surface area contributed by atoms with E-state index < -0.39 is 4.92 Å². The van der Waals surface area contributed by atoms with Crippen LogP contribution in [-0.2, 0) is 11.3 Å². The molecular weight excluding hydrogens is 312 g/mol. The Morgan fingerprint density at radius 1 is 1.29 bits per heavy atom. The average molecular weight is 328 g/mol. The third-order valence-corrected chi connectivity index (χ3v) is 3.86. The zero-order valence-electron chi connectivity index (χ0n) is 13.1.